The third-order valence-corrected chi connectivity index (χ3v) is 3.46. The van der Waals surface area contributed by atoms with Crippen LogP contribution in [0.1, 0.15) is 16.7 Å². The summed E-state index contributed by atoms with van der Waals surface area (Å²) >= 11 is 0. The lowest BCUT2D eigenvalue weighted by atomic mass is 10.0. The lowest BCUT2D eigenvalue weighted by Crippen LogP contribution is -2.02. The van der Waals surface area contributed by atoms with E-state index in [1.54, 1.807) is 6.07 Å². The lowest BCUT2D eigenvalue weighted by molar-refractivity contribution is 0.477. The van der Waals surface area contributed by atoms with Crippen LogP contribution in [-0.4, -0.2) is 10.8 Å². The van der Waals surface area contributed by atoms with Crippen molar-refractivity contribution in [2.75, 3.05) is 0 Å². The van der Waals surface area contributed by atoms with Gasteiger partial charge in [0.25, 0.3) is 0 Å². The zero-order chi connectivity index (χ0) is 15.4. The second-order valence-electron chi connectivity index (χ2n) is 5.18. The molecule has 0 aliphatic rings. The van der Waals surface area contributed by atoms with Crippen molar-refractivity contribution >= 4 is 11.4 Å². The molecule has 0 spiro atoms. The average Bonchev–Trinajstić information content (AvgIpc) is 2.57. The van der Waals surface area contributed by atoms with Crippen LogP contribution in [0, 0.1) is 6.92 Å². The normalized spacial score (nSPS) is 10.2. The first-order chi connectivity index (χ1) is 10.7. The van der Waals surface area contributed by atoms with Gasteiger partial charge in [0.15, 0.2) is 0 Å². The Bertz CT molecular complexity index is 751. The molecule has 3 rings (SSSR count). The van der Waals surface area contributed by atoms with E-state index in [0.29, 0.717) is 5.69 Å². The second-order valence-corrected chi connectivity index (χ2v) is 5.18. The largest absolute Gasteiger partial charge is 0.506 e. The summed E-state index contributed by atoms with van der Waals surface area (Å²) in [5.41, 5.74) is 4.55. The predicted octanol–water partition coefficient (Wildman–Crippen LogP) is 4.87. The van der Waals surface area contributed by atoms with E-state index in [9.17, 15) is 5.11 Å². The van der Waals surface area contributed by atoms with Gasteiger partial charge in [0, 0.05) is 11.1 Å². The van der Waals surface area contributed by atoms with Crippen LogP contribution in [0.25, 0.3) is 0 Å². The van der Waals surface area contributed by atoms with Gasteiger partial charge in [-0.2, -0.15) is 0 Å². The molecule has 0 aromatic heterocycles. The summed E-state index contributed by atoms with van der Waals surface area (Å²) in [5, 5.41) is 10.1. The SMILES string of the molecule is Cc1ccc(O)c(N=C(c2ccccc2)c2ccccc2)c1. The summed E-state index contributed by atoms with van der Waals surface area (Å²) < 4.78 is 0. The van der Waals surface area contributed by atoms with Crippen LogP contribution in [0.2, 0.25) is 0 Å². The van der Waals surface area contributed by atoms with Crippen molar-refractivity contribution in [2.24, 2.45) is 4.99 Å². The van der Waals surface area contributed by atoms with E-state index < -0.39 is 0 Å². The van der Waals surface area contributed by atoms with E-state index >= 15 is 0 Å². The Morgan fingerprint density at radius 1 is 0.773 bits per heavy atom. The van der Waals surface area contributed by atoms with Crippen LogP contribution in [0.4, 0.5) is 5.69 Å². The van der Waals surface area contributed by atoms with Gasteiger partial charge in [-0.3, -0.25) is 0 Å². The van der Waals surface area contributed by atoms with Crippen LogP contribution in [-0.2, 0) is 0 Å². The Kier molecular flexibility index (Phi) is 4.01. The number of phenolic OH excluding ortho intramolecular Hbond substituents is 1. The number of benzene rings is 3. The molecule has 0 unspecified atom stereocenters. The van der Waals surface area contributed by atoms with Gasteiger partial charge in [-0.05, 0) is 24.6 Å². The van der Waals surface area contributed by atoms with Crippen molar-refractivity contribution in [2.45, 2.75) is 6.92 Å². The quantitative estimate of drug-likeness (QED) is 0.685. The molecule has 0 aliphatic carbocycles. The molecule has 0 saturated carbocycles. The number of hydrogen-bond acceptors (Lipinski definition) is 2. The summed E-state index contributed by atoms with van der Waals surface area (Å²) in [6.07, 6.45) is 0. The fourth-order valence-electron chi connectivity index (χ4n) is 2.33. The minimum atomic E-state index is 0.190. The van der Waals surface area contributed by atoms with Crippen LogP contribution in [0.15, 0.2) is 83.9 Å². The van der Waals surface area contributed by atoms with Gasteiger partial charge in [-0.1, -0.05) is 66.7 Å². The highest BCUT2D eigenvalue weighted by molar-refractivity contribution is 6.14. The molecule has 3 aromatic rings. The van der Waals surface area contributed by atoms with Crippen LogP contribution in [0.3, 0.4) is 0 Å². The molecule has 2 heteroatoms. The van der Waals surface area contributed by atoms with Gasteiger partial charge < -0.3 is 5.11 Å². The van der Waals surface area contributed by atoms with Gasteiger partial charge in [-0.25, -0.2) is 4.99 Å². The van der Waals surface area contributed by atoms with E-state index in [4.69, 9.17) is 4.99 Å². The zero-order valence-electron chi connectivity index (χ0n) is 12.4. The van der Waals surface area contributed by atoms with Crippen LogP contribution < -0.4 is 0 Å². The number of aryl methyl sites for hydroxylation is 1. The maximum atomic E-state index is 10.1. The van der Waals surface area contributed by atoms with Crippen molar-refractivity contribution in [1.29, 1.82) is 0 Å². The highest BCUT2D eigenvalue weighted by atomic mass is 16.3. The molecule has 0 bridgehead atoms. The molecule has 108 valence electrons. The van der Waals surface area contributed by atoms with Crippen LogP contribution in [0.5, 0.6) is 5.75 Å². The van der Waals surface area contributed by atoms with Gasteiger partial charge in [0.1, 0.15) is 11.4 Å². The molecule has 0 amide bonds. The van der Waals surface area contributed by atoms with E-state index in [1.165, 1.54) is 0 Å². The van der Waals surface area contributed by atoms with Crippen molar-refractivity contribution in [3.8, 4) is 5.75 Å². The van der Waals surface area contributed by atoms with Gasteiger partial charge in [-0.15, -0.1) is 0 Å². The first-order valence-corrected chi connectivity index (χ1v) is 7.23. The Balaban J connectivity index is 2.18. The number of phenols is 1. The molecule has 0 atom stereocenters. The van der Waals surface area contributed by atoms with Gasteiger partial charge in [0.05, 0.1) is 5.71 Å². The molecular formula is C20H17NO. The first-order valence-electron chi connectivity index (χ1n) is 7.23. The molecule has 0 radical (unpaired) electrons. The summed E-state index contributed by atoms with van der Waals surface area (Å²) in [7, 11) is 0. The third kappa shape index (κ3) is 3.07. The highest BCUT2D eigenvalue weighted by Crippen LogP contribution is 2.28. The maximum absolute atomic E-state index is 10.1. The van der Waals surface area contributed by atoms with Crippen molar-refractivity contribution in [3.05, 3.63) is 95.6 Å². The summed E-state index contributed by atoms with van der Waals surface area (Å²) in [4.78, 5) is 4.73. The van der Waals surface area contributed by atoms with Crippen molar-refractivity contribution < 1.29 is 5.11 Å². The number of nitrogens with zero attached hydrogens (tertiary/aromatic N) is 1. The number of hydrogen-bond donors (Lipinski definition) is 1. The van der Waals surface area contributed by atoms with E-state index in [0.717, 1.165) is 22.4 Å². The second kappa shape index (κ2) is 6.27. The van der Waals surface area contributed by atoms with E-state index in [1.807, 2.05) is 79.7 Å². The van der Waals surface area contributed by atoms with E-state index in [2.05, 4.69) is 0 Å². The lowest BCUT2D eigenvalue weighted by Gasteiger charge is -2.09. The van der Waals surface area contributed by atoms with E-state index in [-0.39, 0.29) is 5.75 Å². The number of rotatable bonds is 3. The van der Waals surface area contributed by atoms with Gasteiger partial charge in [0.2, 0.25) is 0 Å². The highest BCUT2D eigenvalue weighted by Gasteiger charge is 2.08. The third-order valence-electron chi connectivity index (χ3n) is 3.46. The topological polar surface area (TPSA) is 32.6 Å². The minimum Gasteiger partial charge on any atom is -0.506 e. The summed E-state index contributed by atoms with van der Waals surface area (Å²) in [6, 6.07) is 25.5. The molecule has 1 N–H and O–H groups in total. The fraction of sp³-hybridized carbons (Fsp3) is 0.0500. The Labute approximate surface area is 130 Å². The molecule has 0 fully saturated rings. The average molecular weight is 287 g/mol. The minimum absolute atomic E-state index is 0.190. The monoisotopic (exact) mass is 287 g/mol. The van der Waals surface area contributed by atoms with Crippen LogP contribution >= 0.6 is 0 Å². The Hall–Kier alpha value is -2.87. The molecule has 22 heavy (non-hydrogen) atoms. The predicted molar refractivity (Wildman–Crippen MR) is 91.0 cm³/mol. The van der Waals surface area contributed by atoms with Crippen molar-refractivity contribution in [3.63, 3.8) is 0 Å². The number of aliphatic imine (C=N–C) groups is 1. The molecule has 0 heterocycles. The van der Waals surface area contributed by atoms with Gasteiger partial charge >= 0.3 is 0 Å². The summed E-state index contributed by atoms with van der Waals surface area (Å²) in [5.74, 6) is 0.190. The smallest absolute Gasteiger partial charge is 0.141 e. The maximum Gasteiger partial charge on any atom is 0.141 e. The number of aromatic hydroxyl groups is 1. The first kappa shape index (κ1) is 14.1. The molecule has 0 saturated heterocycles. The fourth-order valence-corrected chi connectivity index (χ4v) is 2.33. The molecule has 2 nitrogen and oxygen atoms in total. The molecule has 0 aliphatic heterocycles. The Morgan fingerprint density at radius 2 is 1.32 bits per heavy atom. The summed E-state index contributed by atoms with van der Waals surface area (Å²) in [6.45, 7) is 1.99. The standard InChI is InChI=1S/C20H17NO/c1-15-12-13-19(22)18(14-15)21-20(16-8-4-2-5-9-16)17-10-6-3-7-11-17/h2-14,22H,1H3. The molecule has 3 aromatic carbocycles. The Morgan fingerprint density at radius 3 is 1.86 bits per heavy atom. The van der Waals surface area contributed by atoms with Crippen molar-refractivity contribution in [1.82, 2.24) is 0 Å². The zero-order valence-corrected chi connectivity index (χ0v) is 12.4. The molecular weight excluding hydrogens is 270 g/mol.